The lowest BCUT2D eigenvalue weighted by Gasteiger charge is -2.11. The molecule has 0 bridgehead atoms. The van der Waals surface area contributed by atoms with Crippen LogP contribution in [0.5, 0.6) is 0 Å². The second-order valence-corrected chi connectivity index (χ2v) is 5.45. The van der Waals surface area contributed by atoms with Crippen molar-refractivity contribution >= 4 is 22.9 Å². The van der Waals surface area contributed by atoms with Crippen LogP contribution in [0.15, 0.2) is 36.0 Å². The van der Waals surface area contributed by atoms with Gasteiger partial charge in [0.25, 0.3) is 5.91 Å². The molecule has 3 aromatic rings. The minimum absolute atomic E-state index is 0.176. The van der Waals surface area contributed by atoms with Gasteiger partial charge in [-0.05, 0) is 40.1 Å². The third-order valence-corrected chi connectivity index (χ3v) is 3.88. The van der Waals surface area contributed by atoms with Gasteiger partial charge >= 0.3 is 6.18 Å². The summed E-state index contributed by atoms with van der Waals surface area (Å²) in [6.07, 6.45) is -3.58. The summed E-state index contributed by atoms with van der Waals surface area (Å²) < 4.78 is 52.7. The molecule has 0 aliphatic heterocycles. The molecule has 3 rings (SSSR count). The number of nitrogens with zero attached hydrogens (tertiary/aromatic N) is 4. The number of thiophene rings is 1. The number of alkyl halides is 3. The van der Waals surface area contributed by atoms with Crippen molar-refractivity contribution in [1.29, 1.82) is 0 Å². The van der Waals surface area contributed by atoms with E-state index in [1.54, 1.807) is 11.4 Å². The Morgan fingerprint density at radius 2 is 2.04 bits per heavy atom. The minimum atomic E-state index is -4.86. The van der Waals surface area contributed by atoms with Crippen molar-refractivity contribution in [1.82, 2.24) is 20.2 Å². The molecule has 0 fully saturated rings. The number of anilines is 1. The average Bonchev–Trinajstić information content (AvgIpc) is 3.18. The molecule has 0 aliphatic carbocycles. The fraction of sp³-hybridized carbons (Fsp3) is 0.0769. The lowest BCUT2D eigenvalue weighted by molar-refractivity contribution is -0.139. The van der Waals surface area contributed by atoms with Crippen LogP contribution >= 0.6 is 11.3 Å². The number of benzene rings is 1. The molecule has 6 nitrogen and oxygen atoms in total. The first-order valence-electron chi connectivity index (χ1n) is 6.35. The highest BCUT2D eigenvalue weighted by Crippen LogP contribution is 2.33. The summed E-state index contributed by atoms with van der Waals surface area (Å²) in [6, 6.07) is 3.82. The number of hydrogen-bond acceptors (Lipinski definition) is 5. The molecular formula is C13H7F4N5OS. The molecule has 2 aromatic heterocycles. The van der Waals surface area contributed by atoms with Crippen LogP contribution < -0.4 is 5.32 Å². The summed E-state index contributed by atoms with van der Waals surface area (Å²) in [4.78, 5) is 12.5. The lowest BCUT2D eigenvalue weighted by atomic mass is 10.1. The third-order valence-electron chi connectivity index (χ3n) is 2.98. The number of tetrazole rings is 1. The van der Waals surface area contributed by atoms with Gasteiger partial charge < -0.3 is 5.32 Å². The van der Waals surface area contributed by atoms with Gasteiger partial charge in [-0.15, -0.1) is 16.4 Å². The quantitative estimate of drug-likeness (QED) is 0.731. The molecule has 2 heterocycles. The Hall–Kier alpha value is -2.82. The monoisotopic (exact) mass is 357 g/mol. The van der Waals surface area contributed by atoms with Gasteiger partial charge in [-0.3, -0.25) is 4.79 Å². The normalized spacial score (nSPS) is 11.5. The van der Waals surface area contributed by atoms with E-state index in [4.69, 9.17) is 0 Å². The zero-order chi connectivity index (χ0) is 17.3. The van der Waals surface area contributed by atoms with Gasteiger partial charge in [0, 0.05) is 5.69 Å². The number of halogens is 4. The number of rotatable bonds is 3. The van der Waals surface area contributed by atoms with Gasteiger partial charge in [0.2, 0.25) is 0 Å². The van der Waals surface area contributed by atoms with Crippen molar-refractivity contribution in [2.75, 3.05) is 5.32 Å². The molecule has 0 aliphatic rings. The van der Waals surface area contributed by atoms with Crippen molar-refractivity contribution in [2.45, 2.75) is 6.18 Å². The molecule has 1 amide bonds. The molecule has 1 aromatic carbocycles. The van der Waals surface area contributed by atoms with E-state index in [0.717, 1.165) is 17.4 Å². The molecule has 1 N–H and O–H groups in total. The maximum absolute atomic E-state index is 13.3. The van der Waals surface area contributed by atoms with Crippen LogP contribution in [0.2, 0.25) is 0 Å². The van der Waals surface area contributed by atoms with Gasteiger partial charge in [-0.25, -0.2) is 4.39 Å². The highest BCUT2D eigenvalue weighted by Gasteiger charge is 2.34. The lowest BCUT2D eigenvalue weighted by Crippen LogP contribution is -2.15. The first kappa shape index (κ1) is 16.1. The van der Waals surface area contributed by atoms with Crippen molar-refractivity contribution in [3.05, 3.63) is 52.2 Å². The van der Waals surface area contributed by atoms with E-state index in [0.29, 0.717) is 17.8 Å². The van der Waals surface area contributed by atoms with Crippen molar-refractivity contribution in [3.63, 3.8) is 0 Å². The van der Waals surface area contributed by atoms with Crippen LogP contribution in [0.25, 0.3) is 5.69 Å². The maximum Gasteiger partial charge on any atom is 0.419 e. The number of nitrogens with one attached hydrogen (secondary N) is 1. The van der Waals surface area contributed by atoms with Crippen molar-refractivity contribution in [2.24, 2.45) is 0 Å². The largest absolute Gasteiger partial charge is 0.419 e. The summed E-state index contributed by atoms with van der Waals surface area (Å²) in [5, 5.41) is 14.5. The molecule has 0 radical (unpaired) electrons. The number of hydrogen-bond donors (Lipinski definition) is 1. The summed E-state index contributed by atoms with van der Waals surface area (Å²) in [6.45, 7) is 0. The Morgan fingerprint density at radius 1 is 1.25 bits per heavy atom. The third kappa shape index (κ3) is 3.11. The molecule has 24 heavy (non-hydrogen) atoms. The predicted octanol–water partition coefficient (Wildman–Crippen LogP) is 3.13. The van der Waals surface area contributed by atoms with E-state index in [1.807, 2.05) is 0 Å². The Bertz CT molecular complexity index is 875. The van der Waals surface area contributed by atoms with Crippen molar-refractivity contribution in [3.8, 4) is 5.69 Å². The van der Waals surface area contributed by atoms with Gasteiger partial charge in [0.1, 0.15) is 17.0 Å². The number of amides is 1. The fourth-order valence-electron chi connectivity index (χ4n) is 1.93. The Labute approximate surface area is 135 Å². The summed E-state index contributed by atoms with van der Waals surface area (Å²) in [5.74, 6) is -2.07. The molecule has 0 atom stereocenters. The van der Waals surface area contributed by atoms with Gasteiger partial charge in [0.15, 0.2) is 0 Å². The van der Waals surface area contributed by atoms with E-state index in [-0.39, 0.29) is 10.6 Å². The smallest absolute Gasteiger partial charge is 0.321 e. The van der Waals surface area contributed by atoms with Crippen LogP contribution in [0.1, 0.15) is 15.2 Å². The highest BCUT2D eigenvalue weighted by molar-refractivity contribution is 7.12. The van der Waals surface area contributed by atoms with Crippen LogP contribution in [-0.4, -0.2) is 26.1 Å². The van der Waals surface area contributed by atoms with Gasteiger partial charge in [-0.1, -0.05) is 0 Å². The van der Waals surface area contributed by atoms with E-state index in [9.17, 15) is 22.4 Å². The maximum atomic E-state index is 13.3. The molecule has 124 valence electrons. The van der Waals surface area contributed by atoms with E-state index < -0.39 is 23.5 Å². The van der Waals surface area contributed by atoms with Crippen LogP contribution in [0.4, 0.5) is 23.2 Å². The Kier molecular flexibility index (Phi) is 4.01. The highest BCUT2D eigenvalue weighted by atomic mass is 32.1. The molecular weight excluding hydrogens is 350 g/mol. The Balaban J connectivity index is 1.88. The van der Waals surface area contributed by atoms with Crippen LogP contribution in [0.3, 0.4) is 0 Å². The average molecular weight is 357 g/mol. The molecule has 11 heteroatoms. The number of carbonyl (C=O) groups is 1. The van der Waals surface area contributed by atoms with E-state index >= 15 is 0 Å². The standard InChI is InChI=1S/C13H7F4N5OS/c14-9-2-1-7(5-8(9)13(15,16)17)19-12(23)11-10(3-4-24-11)22-6-18-20-21-22/h1-6H,(H,19,23). The van der Waals surface area contributed by atoms with Crippen LogP contribution in [-0.2, 0) is 6.18 Å². The zero-order valence-electron chi connectivity index (χ0n) is 11.6. The van der Waals surface area contributed by atoms with E-state index in [1.165, 1.54) is 11.0 Å². The summed E-state index contributed by atoms with van der Waals surface area (Å²) in [7, 11) is 0. The summed E-state index contributed by atoms with van der Waals surface area (Å²) >= 11 is 1.06. The second-order valence-electron chi connectivity index (χ2n) is 4.54. The molecule has 0 saturated heterocycles. The number of carbonyl (C=O) groups excluding carboxylic acids is 1. The molecule has 0 saturated carbocycles. The summed E-state index contributed by atoms with van der Waals surface area (Å²) in [5.41, 5.74) is -1.25. The first-order valence-corrected chi connectivity index (χ1v) is 7.23. The Morgan fingerprint density at radius 3 is 2.71 bits per heavy atom. The minimum Gasteiger partial charge on any atom is -0.321 e. The van der Waals surface area contributed by atoms with Gasteiger partial charge in [0.05, 0.1) is 11.3 Å². The van der Waals surface area contributed by atoms with Crippen molar-refractivity contribution < 1.29 is 22.4 Å². The number of aromatic nitrogens is 4. The molecule has 0 unspecified atom stereocenters. The second kappa shape index (κ2) is 6.00. The fourth-order valence-corrected chi connectivity index (χ4v) is 2.71. The molecule has 0 spiro atoms. The first-order chi connectivity index (χ1) is 11.4. The van der Waals surface area contributed by atoms with Crippen LogP contribution in [0, 0.1) is 5.82 Å². The SMILES string of the molecule is O=C(Nc1ccc(F)c(C(F)(F)F)c1)c1sccc1-n1cnnn1. The van der Waals surface area contributed by atoms with E-state index in [2.05, 4.69) is 20.8 Å². The van der Waals surface area contributed by atoms with Gasteiger partial charge in [-0.2, -0.15) is 17.9 Å². The zero-order valence-corrected chi connectivity index (χ0v) is 12.4. The predicted molar refractivity (Wildman–Crippen MR) is 76.4 cm³/mol. The topological polar surface area (TPSA) is 72.7 Å².